The van der Waals surface area contributed by atoms with Gasteiger partial charge >= 0.3 is 0 Å². The zero-order valence-electron chi connectivity index (χ0n) is 19.4. The number of halogens is 1. The Hall–Kier alpha value is -2.42. The molecule has 1 fully saturated rings. The van der Waals surface area contributed by atoms with E-state index in [-0.39, 0.29) is 12.5 Å². The van der Waals surface area contributed by atoms with Crippen LogP contribution < -0.4 is 5.32 Å². The molecule has 8 nitrogen and oxygen atoms in total. The van der Waals surface area contributed by atoms with Crippen molar-refractivity contribution in [2.75, 3.05) is 14.1 Å². The van der Waals surface area contributed by atoms with E-state index >= 15 is 0 Å². The highest BCUT2D eigenvalue weighted by Crippen LogP contribution is 2.38. The molecule has 2 aliphatic rings. The van der Waals surface area contributed by atoms with Crippen molar-refractivity contribution in [3.63, 3.8) is 0 Å². The Labute approximate surface area is 212 Å². The van der Waals surface area contributed by atoms with Crippen molar-refractivity contribution in [2.24, 2.45) is 11.8 Å². The fourth-order valence-electron chi connectivity index (χ4n) is 3.97. The molecule has 182 valence electrons. The second-order valence-corrected chi connectivity index (χ2v) is 10.2. The summed E-state index contributed by atoms with van der Waals surface area (Å²) in [5.74, 6) is 4.52. The van der Waals surface area contributed by atoms with Crippen molar-refractivity contribution >= 4 is 40.2 Å². The Bertz CT molecular complexity index is 1090. The fourth-order valence-corrected chi connectivity index (χ4v) is 4.86. The second kappa shape index (κ2) is 10.9. The van der Waals surface area contributed by atoms with Crippen molar-refractivity contribution in [3.05, 3.63) is 47.0 Å². The molecular formula is C25H29IN2O6. The largest absolute Gasteiger partial charge is 0.466 e. The summed E-state index contributed by atoms with van der Waals surface area (Å²) in [6.45, 7) is 1.83. The van der Waals surface area contributed by atoms with E-state index in [0.29, 0.717) is 42.6 Å². The molecule has 2 aliphatic carbocycles. The van der Waals surface area contributed by atoms with E-state index in [1.165, 1.54) is 25.3 Å². The highest BCUT2D eigenvalue weighted by molar-refractivity contribution is 14.1. The standard InChI is InChI=1S/C25H29IN2O6/c1-15-4-6-18(9-8-17(15)7-5-16-12-19(13-29)34-14-16)23(32)28(3)25(26,24(33)27-2)22(31)20-10-11-21(20)30/h8-9,12,14-15,20-21,29-30H,4,6,10-11,13H2,1-3H3,(H,27,33)/t15?,20?,21-,25?/m1/s1. The van der Waals surface area contributed by atoms with Crippen LogP contribution in [0.15, 0.2) is 40.0 Å². The van der Waals surface area contributed by atoms with E-state index < -0.39 is 33.2 Å². The van der Waals surface area contributed by atoms with Crippen LogP contribution in [0.2, 0.25) is 0 Å². The zero-order chi connectivity index (χ0) is 25.0. The van der Waals surface area contributed by atoms with Crippen molar-refractivity contribution in [1.29, 1.82) is 0 Å². The number of Topliss-reactive ketones (excluding diaryl/α,β-unsaturated/α-hetero) is 1. The molecule has 0 aliphatic heterocycles. The quantitative estimate of drug-likeness (QED) is 0.156. The Morgan fingerprint density at radius 1 is 1.26 bits per heavy atom. The van der Waals surface area contributed by atoms with E-state index in [4.69, 9.17) is 9.52 Å². The summed E-state index contributed by atoms with van der Waals surface area (Å²) >= 11 is 1.73. The molecule has 3 unspecified atom stereocenters. The van der Waals surface area contributed by atoms with Gasteiger partial charge in [0.15, 0.2) is 5.78 Å². The fraction of sp³-hybridized carbons (Fsp3) is 0.480. The number of hydrogen-bond donors (Lipinski definition) is 3. The molecule has 0 saturated heterocycles. The van der Waals surface area contributed by atoms with Crippen LogP contribution >= 0.6 is 22.6 Å². The van der Waals surface area contributed by atoms with Gasteiger partial charge in [0, 0.05) is 31.2 Å². The summed E-state index contributed by atoms with van der Waals surface area (Å²) in [6.07, 6.45) is 6.32. The maximum Gasteiger partial charge on any atom is 0.263 e. The van der Waals surface area contributed by atoms with Gasteiger partial charge in [-0.05, 0) is 66.3 Å². The average molecular weight is 580 g/mol. The minimum absolute atomic E-state index is 0.0959. The van der Waals surface area contributed by atoms with E-state index in [9.17, 15) is 19.5 Å². The van der Waals surface area contributed by atoms with Gasteiger partial charge in [0.2, 0.25) is 3.55 Å². The molecule has 0 aromatic carbocycles. The number of amides is 2. The number of aliphatic hydroxyl groups is 2. The Morgan fingerprint density at radius 2 is 2.00 bits per heavy atom. The number of aliphatic hydroxyl groups excluding tert-OH is 2. The first-order valence-corrected chi connectivity index (χ1v) is 12.2. The molecule has 3 rings (SSSR count). The predicted octanol–water partition coefficient (Wildman–Crippen LogP) is 2.08. The topological polar surface area (TPSA) is 120 Å². The summed E-state index contributed by atoms with van der Waals surface area (Å²) in [5, 5.41) is 21.6. The summed E-state index contributed by atoms with van der Waals surface area (Å²) in [5.41, 5.74) is 1.97. The van der Waals surface area contributed by atoms with Gasteiger partial charge in [-0.1, -0.05) is 24.8 Å². The van der Waals surface area contributed by atoms with E-state index in [2.05, 4.69) is 17.2 Å². The maximum absolute atomic E-state index is 13.4. The van der Waals surface area contributed by atoms with Gasteiger partial charge in [-0.2, -0.15) is 0 Å². The number of allylic oxidation sites excluding steroid dienone is 3. The van der Waals surface area contributed by atoms with Crippen LogP contribution in [-0.4, -0.2) is 56.5 Å². The Morgan fingerprint density at radius 3 is 2.56 bits per heavy atom. The highest BCUT2D eigenvalue weighted by atomic mass is 127. The zero-order valence-corrected chi connectivity index (χ0v) is 21.6. The first-order chi connectivity index (χ1) is 16.1. The molecule has 34 heavy (non-hydrogen) atoms. The molecule has 9 heteroatoms. The first kappa shape index (κ1) is 26.2. The number of carbonyl (C=O) groups excluding carboxylic acids is 3. The van der Waals surface area contributed by atoms with Crippen LogP contribution in [0.4, 0.5) is 0 Å². The van der Waals surface area contributed by atoms with Crippen LogP contribution in [0.3, 0.4) is 0 Å². The lowest BCUT2D eigenvalue weighted by atomic mass is 9.76. The molecule has 0 radical (unpaired) electrons. The first-order valence-electron chi connectivity index (χ1n) is 11.2. The normalized spacial score (nSPS) is 23.6. The number of furan rings is 1. The SMILES string of the molecule is CNC(=O)C(I)(C(=O)C1CC[C@H]1O)N(C)C(=O)C1=CC=C(C#Cc2coc(CO)c2)C(C)CC1. The van der Waals surface area contributed by atoms with E-state index in [1.807, 2.05) is 6.92 Å². The summed E-state index contributed by atoms with van der Waals surface area (Å²) in [7, 11) is 2.87. The number of carbonyl (C=O) groups is 3. The molecule has 3 N–H and O–H groups in total. The number of rotatable bonds is 6. The van der Waals surface area contributed by atoms with Gasteiger partial charge in [-0.25, -0.2) is 0 Å². The second-order valence-electron chi connectivity index (χ2n) is 8.64. The number of likely N-dealkylation sites (N-methyl/N-ethyl adjacent to an activating group) is 2. The lowest BCUT2D eigenvalue weighted by molar-refractivity contribution is -0.150. The van der Waals surface area contributed by atoms with Gasteiger partial charge in [-0.15, -0.1) is 0 Å². The lowest BCUT2D eigenvalue weighted by Crippen LogP contribution is -2.63. The Kier molecular flexibility index (Phi) is 8.38. The minimum atomic E-state index is -1.76. The molecule has 1 aromatic rings. The van der Waals surface area contributed by atoms with Crippen LogP contribution in [0.1, 0.15) is 43.9 Å². The third kappa shape index (κ3) is 5.14. The molecule has 1 saturated carbocycles. The van der Waals surface area contributed by atoms with Gasteiger partial charge in [0.1, 0.15) is 18.6 Å². The number of nitrogens with one attached hydrogen (secondary N) is 1. The monoisotopic (exact) mass is 580 g/mol. The highest BCUT2D eigenvalue weighted by Gasteiger charge is 2.54. The third-order valence-corrected chi connectivity index (χ3v) is 8.22. The van der Waals surface area contributed by atoms with E-state index in [0.717, 1.165) is 5.57 Å². The van der Waals surface area contributed by atoms with Crippen molar-refractivity contribution in [3.8, 4) is 11.8 Å². The summed E-state index contributed by atoms with van der Waals surface area (Å²) < 4.78 is 3.43. The molecule has 4 atom stereocenters. The van der Waals surface area contributed by atoms with Crippen molar-refractivity contribution in [1.82, 2.24) is 10.2 Å². The van der Waals surface area contributed by atoms with Crippen LogP contribution in [-0.2, 0) is 21.0 Å². The van der Waals surface area contributed by atoms with Crippen molar-refractivity contribution < 1.29 is 29.0 Å². The maximum atomic E-state index is 13.4. The lowest BCUT2D eigenvalue weighted by Gasteiger charge is -2.41. The van der Waals surface area contributed by atoms with Gasteiger partial charge in [0.05, 0.1) is 11.7 Å². The average Bonchev–Trinajstić information content (AvgIpc) is 3.22. The predicted molar refractivity (Wildman–Crippen MR) is 133 cm³/mol. The van der Waals surface area contributed by atoms with Crippen LogP contribution in [0, 0.1) is 23.7 Å². The van der Waals surface area contributed by atoms with Crippen LogP contribution in [0.5, 0.6) is 0 Å². The van der Waals surface area contributed by atoms with Gasteiger partial charge in [0.25, 0.3) is 11.8 Å². The molecule has 0 bridgehead atoms. The molecule has 1 heterocycles. The number of alkyl halides is 1. The summed E-state index contributed by atoms with van der Waals surface area (Å²) in [4.78, 5) is 40.6. The molecular weight excluding hydrogens is 551 g/mol. The van der Waals surface area contributed by atoms with Gasteiger partial charge < -0.3 is 24.8 Å². The minimum Gasteiger partial charge on any atom is -0.466 e. The number of ketones is 1. The number of nitrogens with zero attached hydrogens (tertiary/aromatic N) is 1. The Balaban J connectivity index is 1.85. The number of hydrogen-bond acceptors (Lipinski definition) is 6. The van der Waals surface area contributed by atoms with Gasteiger partial charge in [-0.3, -0.25) is 14.4 Å². The van der Waals surface area contributed by atoms with Crippen LogP contribution in [0.25, 0.3) is 0 Å². The smallest absolute Gasteiger partial charge is 0.263 e. The summed E-state index contributed by atoms with van der Waals surface area (Å²) in [6, 6.07) is 1.67. The van der Waals surface area contributed by atoms with E-state index in [1.54, 1.807) is 40.8 Å². The van der Waals surface area contributed by atoms with Crippen molar-refractivity contribution in [2.45, 2.75) is 48.9 Å². The molecule has 0 spiro atoms. The molecule has 1 aromatic heterocycles. The third-order valence-electron chi connectivity index (χ3n) is 6.47. The molecule has 2 amide bonds.